The summed E-state index contributed by atoms with van der Waals surface area (Å²) in [5, 5.41) is 0. The molecule has 0 N–H and O–H groups in total. The van der Waals surface area contributed by atoms with E-state index in [1.807, 2.05) is 18.2 Å². The monoisotopic (exact) mass is 446 g/mol. The standard InChI is InChI=1S/C27H30F4O/c1-4-6-7-20-10-12-21(13-11-20)18(3)32-27(30,31)26-24(28)16-23(17-25(26)29)22-14-8-19(5-2)9-15-22/h4-5,10-13,16-19,22H,1-2,6-9,14-15H2,3H3. The van der Waals surface area contributed by atoms with Crippen molar-refractivity contribution in [2.24, 2.45) is 5.92 Å². The molecule has 0 bridgehead atoms. The van der Waals surface area contributed by atoms with Gasteiger partial charge in [-0.15, -0.1) is 13.2 Å². The number of ether oxygens (including phenoxy) is 1. The van der Waals surface area contributed by atoms with Gasteiger partial charge in [-0.2, -0.15) is 8.78 Å². The second kappa shape index (κ2) is 10.5. The van der Waals surface area contributed by atoms with Crippen LogP contribution < -0.4 is 0 Å². The molecule has 1 nitrogen and oxygen atoms in total. The van der Waals surface area contributed by atoms with Crippen LogP contribution in [0.15, 0.2) is 61.7 Å². The summed E-state index contributed by atoms with van der Waals surface area (Å²) < 4.78 is 63.9. The highest BCUT2D eigenvalue weighted by Gasteiger charge is 2.41. The molecule has 1 unspecified atom stereocenters. The fourth-order valence-corrected chi connectivity index (χ4v) is 4.37. The molecule has 172 valence electrons. The number of hydrogen-bond acceptors (Lipinski definition) is 1. The van der Waals surface area contributed by atoms with E-state index in [1.54, 1.807) is 18.2 Å². The Morgan fingerprint density at radius 1 is 1.03 bits per heavy atom. The van der Waals surface area contributed by atoms with Crippen LogP contribution in [0.2, 0.25) is 0 Å². The molecule has 0 amide bonds. The van der Waals surface area contributed by atoms with Crippen molar-refractivity contribution < 1.29 is 22.3 Å². The average molecular weight is 447 g/mol. The number of hydrogen-bond donors (Lipinski definition) is 0. The average Bonchev–Trinajstić information content (AvgIpc) is 2.77. The molecule has 1 aliphatic rings. The summed E-state index contributed by atoms with van der Waals surface area (Å²) >= 11 is 0. The van der Waals surface area contributed by atoms with Crippen molar-refractivity contribution in [2.45, 2.75) is 63.6 Å². The van der Waals surface area contributed by atoms with Crippen molar-refractivity contribution in [3.8, 4) is 0 Å². The van der Waals surface area contributed by atoms with E-state index in [9.17, 15) is 17.6 Å². The quantitative estimate of drug-likeness (QED) is 0.278. The third-order valence-electron chi connectivity index (χ3n) is 6.34. The number of alkyl halides is 2. The molecule has 3 rings (SSSR count). The van der Waals surface area contributed by atoms with Crippen molar-refractivity contribution in [3.63, 3.8) is 0 Å². The highest BCUT2D eigenvalue weighted by molar-refractivity contribution is 5.31. The van der Waals surface area contributed by atoms with Crippen LogP contribution in [0.4, 0.5) is 17.6 Å². The number of rotatable bonds is 9. The molecule has 0 spiro atoms. The zero-order valence-corrected chi connectivity index (χ0v) is 18.4. The molecule has 0 heterocycles. The Kier molecular flexibility index (Phi) is 7.94. The highest BCUT2D eigenvalue weighted by atomic mass is 19.3. The van der Waals surface area contributed by atoms with Gasteiger partial charge in [0.2, 0.25) is 0 Å². The van der Waals surface area contributed by atoms with Gasteiger partial charge in [0.15, 0.2) is 0 Å². The predicted molar refractivity (Wildman–Crippen MR) is 120 cm³/mol. The van der Waals surface area contributed by atoms with Crippen LogP contribution in [0.5, 0.6) is 0 Å². The summed E-state index contributed by atoms with van der Waals surface area (Å²) in [7, 11) is 0. The molecule has 1 atom stereocenters. The SMILES string of the molecule is C=CCCc1ccc(C(C)OC(F)(F)c2c(F)cc(C3CCC(C=C)CC3)cc2F)cc1. The third-order valence-corrected chi connectivity index (χ3v) is 6.34. The summed E-state index contributed by atoms with van der Waals surface area (Å²) in [4.78, 5) is 0. The second-order valence-electron chi connectivity index (χ2n) is 8.55. The van der Waals surface area contributed by atoms with E-state index in [0.29, 0.717) is 17.0 Å². The molecule has 0 aromatic heterocycles. The second-order valence-corrected chi connectivity index (χ2v) is 8.55. The number of allylic oxidation sites excluding steroid dienone is 2. The van der Waals surface area contributed by atoms with Gasteiger partial charge in [-0.3, -0.25) is 0 Å². The number of aryl methyl sites for hydroxylation is 1. The van der Waals surface area contributed by atoms with Gasteiger partial charge >= 0.3 is 6.11 Å². The maximum absolute atomic E-state index is 14.8. The van der Waals surface area contributed by atoms with Gasteiger partial charge in [0, 0.05) is 0 Å². The van der Waals surface area contributed by atoms with E-state index in [4.69, 9.17) is 4.74 Å². The van der Waals surface area contributed by atoms with Gasteiger partial charge in [0.1, 0.15) is 17.2 Å². The molecule has 1 fully saturated rings. The van der Waals surface area contributed by atoms with E-state index in [0.717, 1.165) is 56.2 Å². The third kappa shape index (κ3) is 5.69. The van der Waals surface area contributed by atoms with Crippen molar-refractivity contribution in [1.29, 1.82) is 0 Å². The maximum Gasteiger partial charge on any atom is 0.389 e. The smallest absolute Gasteiger partial charge is 0.309 e. The van der Waals surface area contributed by atoms with Crippen molar-refractivity contribution in [3.05, 3.63) is 95.6 Å². The van der Waals surface area contributed by atoms with Crippen LogP contribution >= 0.6 is 0 Å². The molecule has 2 aromatic carbocycles. The van der Waals surface area contributed by atoms with E-state index >= 15 is 0 Å². The van der Waals surface area contributed by atoms with E-state index in [1.165, 1.54) is 6.92 Å². The molecule has 2 aromatic rings. The molecular formula is C27H30F4O. The lowest BCUT2D eigenvalue weighted by Gasteiger charge is -2.28. The van der Waals surface area contributed by atoms with Gasteiger partial charge in [0.05, 0.1) is 6.10 Å². The molecule has 0 radical (unpaired) electrons. The fourth-order valence-electron chi connectivity index (χ4n) is 4.37. The Hall–Kier alpha value is -2.40. The first-order valence-electron chi connectivity index (χ1n) is 11.1. The zero-order chi connectivity index (χ0) is 23.3. The van der Waals surface area contributed by atoms with Gasteiger partial charge in [0.25, 0.3) is 0 Å². The van der Waals surface area contributed by atoms with E-state index in [2.05, 4.69) is 13.2 Å². The van der Waals surface area contributed by atoms with Crippen LogP contribution in [-0.2, 0) is 17.3 Å². The Morgan fingerprint density at radius 3 is 2.16 bits per heavy atom. The molecule has 0 saturated heterocycles. The Morgan fingerprint density at radius 2 is 1.62 bits per heavy atom. The maximum atomic E-state index is 14.8. The normalized spacial score (nSPS) is 20.0. The van der Waals surface area contributed by atoms with Gasteiger partial charge in [-0.05, 0) is 86.1 Å². The van der Waals surface area contributed by atoms with Crippen LogP contribution in [-0.4, -0.2) is 0 Å². The Bertz CT molecular complexity index is 904. The summed E-state index contributed by atoms with van der Waals surface area (Å²) in [5.74, 6) is -2.20. The first-order chi connectivity index (χ1) is 15.2. The van der Waals surface area contributed by atoms with Gasteiger partial charge < -0.3 is 4.74 Å². The first-order valence-corrected chi connectivity index (χ1v) is 11.1. The molecule has 32 heavy (non-hydrogen) atoms. The fraction of sp³-hybridized carbons (Fsp3) is 0.407. The lowest BCUT2D eigenvalue weighted by atomic mass is 9.78. The molecule has 1 aliphatic carbocycles. The van der Waals surface area contributed by atoms with Crippen molar-refractivity contribution in [1.82, 2.24) is 0 Å². The number of halogens is 4. The van der Waals surface area contributed by atoms with E-state index in [-0.39, 0.29) is 5.92 Å². The summed E-state index contributed by atoms with van der Waals surface area (Å²) in [5.41, 5.74) is 0.631. The molecule has 5 heteroatoms. The highest BCUT2D eigenvalue weighted by Crippen LogP contribution is 2.41. The van der Waals surface area contributed by atoms with Crippen LogP contribution in [0.1, 0.15) is 73.3 Å². The van der Waals surface area contributed by atoms with Gasteiger partial charge in [-0.1, -0.05) is 36.4 Å². The van der Waals surface area contributed by atoms with E-state index < -0.39 is 29.4 Å². The Labute approximate surface area is 187 Å². The molecular weight excluding hydrogens is 416 g/mol. The first kappa shape index (κ1) is 24.2. The topological polar surface area (TPSA) is 9.23 Å². The zero-order valence-electron chi connectivity index (χ0n) is 18.4. The lowest BCUT2D eigenvalue weighted by molar-refractivity contribution is -0.275. The van der Waals surface area contributed by atoms with Crippen molar-refractivity contribution >= 4 is 0 Å². The van der Waals surface area contributed by atoms with Gasteiger partial charge in [-0.25, -0.2) is 8.78 Å². The van der Waals surface area contributed by atoms with Crippen LogP contribution in [0.3, 0.4) is 0 Å². The molecule has 1 saturated carbocycles. The number of benzene rings is 2. The summed E-state index contributed by atoms with van der Waals surface area (Å²) in [6.45, 7) is 8.90. The minimum atomic E-state index is -4.10. The predicted octanol–water partition coefficient (Wildman–Crippen LogP) is 8.37. The Balaban J connectivity index is 1.74. The summed E-state index contributed by atoms with van der Waals surface area (Å²) in [6.07, 6.45) is 3.42. The largest absolute Gasteiger partial charge is 0.389 e. The lowest BCUT2D eigenvalue weighted by Crippen LogP contribution is -2.24. The minimum absolute atomic E-state index is 0.0441. The van der Waals surface area contributed by atoms with Crippen molar-refractivity contribution in [2.75, 3.05) is 0 Å². The van der Waals surface area contributed by atoms with Crippen LogP contribution in [0.25, 0.3) is 0 Å². The molecule has 0 aliphatic heterocycles. The summed E-state index contributed by atoms with van der Waals surface area (Å²) in [6, 6.07) is 9.10. The van der Waals surface area contributed by atoms with Crippen LogP contribution in [0, 0.1) is 17.6 Å². The minimum Gasteiger partial charge on any atom is -0.309 e.